The number of benzene rings is 1. The van der Waals surface area contributed by atoms with E-state index < -0.39 is 5.97 Å². The number of hydrogen-bond acceptors (Lipinski definition) is 4. The average molecular weight is 263 g/mol. The minimum absolute atomic E-state index is 0.433. The summed E-state index contributed by atoms with van der Waals surface area (Å²) in [4.78, 5) is 21.8. The summed E-state index contributed by atoms with van der Waals surface area (Å²) in [6, 6.07) is 6.90. The van der Waals surface area contributed by atoms with Crippen LogP contribution in [0.15, 0.2) is 24.3 Å². The van der Waals surface area contributed by atoms with Crippen LogP contribution in [0.1, 0.15) is 49.4 Å². The van der Waals surface area contributed by atoms with Crippen LogP contribution in [0.25, 0.3) is 0 Å². The Balaban J connectivity index is 1.86. The van der Waals surface area contributed by atoms with Crippen molar-refractivity contribution in [1.29, 1.82) is 0 Å². The summed E-state index contributed by atoms with van der Waals surface area (Å²) in [6.45, 7) is 2.46. The van der Waals surface area contributed by atoms with E-state index in [9.17, 15) is 4.79 Å². The lowest BCUT2D eigenvalue weighted by Crippen LogP contribution is -2.13. The molecule has 1 aromatic carbocycles. The summed E-state index contributed by atoms with van der Waals surface area (Å²) in [5, 5.41) is 0. The molecule has 0 unspecified atom stereocenters. The van der Waals surface area contributed by atoms with Gasteiger partial charge in [0.2, 0.25) is 0 Å². The van der Waals surface area contributed by atoms with E-state index >= 15 is 0 Å². The summed E-state index contributed by atoms with van der Waals surface area (Å²) in [5.74, 6) is 0.168. The van der Waals surface area contributed by atoms with Crippen LogP contribution in [0.4, 0.5) is 0 Å². The zero-order chi connectivity index (χ0) is 13.5. The highest BCUT2D eigenvalue weighted by Gasteiger charge is 2.19. The van der Waals surface area contributed by atoms with Crippen molar-refractivity contribution in [3.05, 3.63) is 35.9 Å². The lowest BCUT2D eigenvalue weighted by molar-refractivity contribution is -0.239. The van der Waals surface area contributed by atoms with E-state index in [-0.39, 0.29) is 0 Å². The van der Waals surface area contributed by atoms with E-state index in [0.717, 1.165) is 31.8 Å². The van der Waals surface area contributed by atoms with Crippen molar-refractivity contribution < 1.29 is 19.3 Å². The summed E-state index contributed by atoms with van der Waals surface area (Å²) in [7, 11) is 0. The molecule has 1 fully saturated rings. The van der Waals surface area contributed by atoms with Crippen LogP contribution in [0.2, 0.25) is 0 Å². The second-order valence-corrected chi connectivity index (χ2v) is 4.51. The van der Waals surface area contributed by atoms with Gasteiger partial charge in [-0.3, -0.25) is 4.89 Å². The third-order valence-electron chi connectivity index (χ3n) is 3.03. The molecule has 1 aromatic rings. The van der Waals surface area contributed by atoms with Crippen molar-refractivity contribution in [3.8, 4) is 5.75 Å². The van der Waals surface area contributed by atoms with Gasteiger partial charge in [0.1, 0.15) is 11.9 Å². The smallest absolute Gasteiger partial charge is 0.373 e. The average Bonchev–Trinajstić information content (AvgIpc) is 2.46. The van der Waals surface area contributed by atoms with Crippen LogP contribution in [0.3, 0.4) is 0 Å². The predicted octanol–water partition coefficient (Wildman–Crippen LogP) is 3.67. The molecule has 1 saturated carbocycles. The second-order valence-electron chi connectivity index (χ2n) is 4.51. The third-order valence-corrected chi connectivity index (χ3v) is 3.03. The number of carbonyl (C=O) groups excluding carboxylic acids is 1. The zero-order valence-corrected chi connectivity index (χ0v) is 11.2. The Morgan fingerprint density at radius 1 is 1.21 bits per heavy atom. The molecule has 0 heterocycles. The standard InChI is InChI=1S/C15H19O4/c1-2-17-14-10-6-7-12(11-14)15(16)19-18-13-8-4-3-5-9-13/h6-7,10-11H,2-5,8-9H2,1H3. The Bertz CT molecular complexity index is 410. The molecule has 103 valence electrons. The lowest BCUT2D eigenvalue weighted by atomic mass is 9.98. The Morgan fingerprint density at radius 2 is 2.00 bits per heavy atom. The summed E-state index contributed by atoms with van der Waals surface area (Å²) >= 11 is 0. The molecule has 4 heteroatoms. The number of hydrogen-bond donors (Lipinski definition) is 0. The SMILES string of the molecule is CCOc1cccc(C(=O)OO[C]2CCCCC2)c1. The third kappa shape index (κ3) is 4.24. The van der Waals surface area contributed by atoms with E-state index in [1.165, 1.54) is 6.42 Å². The van der Waals surface area contributed by atoms with E-state index in [1.54, 1.807) is 24.3 Å². The van der Waals surface area contributed by atoms with Crippen molar-refractivity contribution >= 4 is 5.97 Å². The monoisotopic (exact) mass is 263 g/mol. The molecule has 0 amide bonds. The van der Waals surface area contributed by atoms with Gasteiger partial charge in [0, 0.05) is 0 Å². The van der Waals surface area contributed by atoms with Crippen molar-refractivity contribution in [3.63, 3.8) is 0 Å². The van der Waals surface area contributed by atoms with Crippen LogP contribution in [-0.2, 0) is 9.78 Å². The Hall–Kier alpha value is -1.55. The predicted molar refractivity (Wildman–Crippen MR) is 70.4 cm³/mol. The van der Waals surface area contributed by atoms with Crippen LogP contribution in [-0.4, -0.2) is 12.6 Å². The fourth-order valence-corrected chi connectivity index (χ4v) is 2.05. The minimum atomic E-state index is -0.486. The van der Waals surface area contributed by atoms with E-state index in [0.29, 0.717) is 17.9 Å². The van der Waals surface area contributed by atoms with Gasteiger partial charge < -0.3 is 4.74 Å². The van der Waals surface area contributed by atoms with Gasteiger partial charge in [0.25, 0.3) is 0 Å². The normalized spacial score (nSPS) is 16.1. The maximum atomic E-state index is 11.8. The Morgan fingerprint density at radius 3 is 2.74 bits per heavy atom. The molecule has 0 bridgehead atoms. The molecule has 2 rings (SSSR count). The maximum absolute atomic E-state index is 11.8. The number of ether oxygens (including phenoxy) is 1. The lowest BCUT2D eigenvalue weighted by Gasteiger charge is -2.18. The van der Waals surface area contributed by atoms with Gasteiger partial charge in [-0.1, -0.05) is 25.3 Å². The van der Waals surface area contributed by atoms with Gasteiger partial charge in [0.05, 0.1) is 12.2 Å². The quantitative estimate of drug-likeness (QED) is 0.600. The fraction of sp³-hybridized carbons (Fsp3) is 0.467. The first-order chi connectivity index (χ1) is 9.29. The molecule has 1 radical (unpaired) electrons. The highest BCUT2D eigenvalue weighted by atomic mass is 17.2. The maximum Gasteiger partial charge on any atom is 0.373 e. The first kappa shape index (κ1) is 13.9. The summed E-state index contributed by atoms with van der Waals surface area (Å²) < 4.78 is 5.34. The van der Waals surface area contributed by atoms with Crippen LogP contribution < -0.4 is 4.74 Å². The topological polar surface area (TPSA) is 44.8 Å². The second kappa shape index (κ2) is 7.14. The van der Waals surface area contributed by atoms with Crippen LogP contribution in [0.5, 0.6) is 5.75 Å². The Kier molecular flexibility index (Phi) is 5.21. The molecule has 19 heavy (non-hydrogen) atoms. The van der Waals surface area contributed by atoms with Crippen molar-refractivity contribution in [2.24, 2.45) is 0 Å². The summed E-state index contributed by atoms with van der Waals surface area (Å²) in [5.41, 5.74) is 0.433. The molecule has 0 atom stereocenters. The van der Waals surface area contributed by atoms with E-state index in [2.05, 4.69) is 0 Å². The van der Waals surface area contributed by atoms with Crippen LogP contribution in [0, 0.1) is 6.10 Å². The number of rotatable bonds is 5. The van der Waals surface area contributed by atoms with E-state index in [1.807, 2.05) is 6.92 Å². The molecule has 4 nitrogen and oxygen atoms in total. The fourth-order valence-electron chi connectivity index (χ4n) is 2.05. The van der Waals surface area contributed by atoms with Gasteiger partial charge in [-0.15, -0.1) is 0 Å². The first-order valence-electron chi connectivity index (χ1n) is 6.76. The molecule has 0 N–H and O–H groups in total. The molecule has 1 aliphatic carbocycles. The molecular formula is C15H19O4. The molecular weight excluding hydrogens is 244 g/mol. The number of carbonyl (C=O) groups is 1. The van der Waals surface area contributed by atoms with Gasteiger partial charge in [0.15, 0.2) is 0 Å². The molecule has 0 saturated heterocycles. The highest BCUT2D eigenvalue weighted by Crippen LogP contribution is 2.27. The Labute approximate surface area is 113 Å². The zero-order valence-electron chi connectivity index (χ0n) is 11.2. The molecule has 0 aliphatic heterocycles. The minimum Gasteiger partial charge on any atom is -0.494 e. The molecule has 0 spiro atoms. The molecule has 1 aliphatic rings. The van der Waals surface area contributed by atoms with Crippen LogP contribution >= 0.6 is 0 Å². The van der Waals surface area contributed by atoms with Gasteiger partial charge in [-0.05, 0) is 38.0 Å². The van der Waals surface area contributed by atoms with Crippen molar-refractivity contribution in [1.82, 2.24) is 0 Å². The first-order valence-corrected chi connectivity index (χ1v) is 6.76. The van der Waals surface area contributed by atoms with E-state index in [4.69, 9.17) is 14.5 Å². The highest BCUT2D eigenvalue weighted by molar-refractivity contribution is 5.89. The largest absolute Gasteiger partial charge is 0.494 e. The van der Waals surface area contributed by atoms with Gasteiger partial charge >= 0.3 is 5.97 Å². The van der Waals surface area contributed by atoms with Crippen molar-refractivity contribution in [2.75, 3.05) is 6.61 Å². The summed E-state index contributed by atoms with van der Waals surface area (Å²) in [6.07, 6.45) is 6.05. The van der Waals surface area contributed by atoms with Gasteiger partial charge in [-0.25, -0.2) is 4.79 Å². The molecule has 0 aromatic heterocycles. The van der Waals surface area contributed by atoms with Crippen molar-refractivity contribution in [2.45, 2.75) is 39.0 Å². The van der Waals surface area contributed by atoms with Gasteiger partial charge in [-0.2, -0.15) is 4.89 Å².